The second-order valence-electron chi connectivity index (χ2n) is 6.48. The summed E-state index contributed by atoms with van der Waals surface area (Å²) in [5.74, 6) is -0.475. The Morgan fingerprint density at radius 1 is 1.23 bits per heavy atom. The summed E-state index contributed by atoms with van der Waals surface area (Å²) in [5.41, 5.74) is 3.64. The van der Waals surface area contributed by atoms with Gasteiger partial charge in [-0.3, -0.25) is 4.72 Å². The van der Waals surface area contributed by atoms with Crippen molar-refractivity contribution in [1.82, 2.24) is 10.0 Å². The lowest BCUT2D eigenvalue weighted by Crippen LogP contribution is -2.26. The lowest BCUT2D eigenvalue weighted by Gasteiger charge is -2.19. The van der Waals surface area contributed by atoms with Gasteiger partial charge in [0.2, 0.25) is 0 Å². The van der Waals surface area contributed by atoms with Gasteiger partial charge < -0.3 is 10.1 Å². The molecule has 1 aliphatic carbocycles. The Labute approximate surface area is 153 Å². The van der Waals surface area contributed by atoms with Crippen LogP contribution in [0.15, 0.2) is 58.4 Å². The molecule has 2 N–H and O–H groups in total. The molecule has 0 radical (unpaired) electrons. The van der Waals surface area contributed by atoms with E-state index in [4.69, 9.17) is 4.74 Å². The lowest BCUT2D eigenvalue weighted by molar-refractivity contribution is -0.138. The van der Waals surface area contributed by atoms with Crippen LogP contribution in [0.4, 0.5) is 0 Å². The molecule has 0 saturated carbocycles. The molecule has 3 rings (SSSR count). The van der Waals surface area contributed by atoms with Gasteiger partial charge in [0.15, 0.2) is 0 Å². The van der Waals surface area contributed by atoms with Gasteiger partial charge in [-0.05, 0) is 68.7 Å². The molecule has 6 nitrogen and oxygen atoms in total. The molecule has 0 fully saturated rings. The summed E-state index contributed by atoms with van der Waals surface area (Å²) in [6.45, 7) is 5.79. The Balaban J connectivity index is 1.76. The highest BCUT2D eigenvalue weighted by molar-refractivity contribution is 7.89. The van der Waals surface area contributed by atoms with Crippen LogP contribution in [-0.2, 0) is 19.6 Å². The van der Waals surface area contributed by atoms with Crippen LogP contribution >= 0.6 is 0 Å². The standard InChI is InChI=1S/C19H22N2O4S/c1-4-25-19(22)18-11-14-10-15(5-6-17(14)20-18)21-26(23,24)16-8-12(2)7-13(3)9-16/h5-9,11,14,20-21H,4,10H2,1-3H3. The van der Waals surface area contributed by atoms with E-state index in [0.29, 0.717) is 24.4 Å². The van der Waals surface area contributed by atoms with Crippen LogP contribution in [0.3, 0.4) is 0 Å². The topological polar surface area (TPSA) is 84.5 Å². The summed E-state index contributed by atoms with van der Waals surface area (Å²) in [4.78, 5) is 12.1. The predicted octanol–water partition coefficient (Wildman–Crippen LogP) is 2.42. The molecule has 1 aliphatic heterocycles. The van der Waals surface area contributed by atoms with Gasteiger partial charge in [-0.1, -0.05) is 6.07 Å². The van der Waals surface area contributed by atoms with Crippen LogP contribution in [0, 0.1) is 19.8 Å². The van der Waals surface area contributed by atoms with Crippen molar-refractivity contribution in [3.8, 4) is 0 Å². The molecule has 1 aromatic carbocycles. The summed E-state index contributed by atoms with van der Waals surface area (Å²) in [5, 5.41) is 3.03. The molecule has 2 aliphatic rings. The molecule has 7 heteroatoms. The Morgan fingerprint density at radius 3 is 2.58 bits per heavy atom. The van der Waals surface area contributed by atoms with Crippen LogP contribution in [0.5, 0.6) is 0 Å². The summed E-state index contributed by atoms with van der Waals surface area (Å²) >= 11 is 0. The monoisotopic (exact) mass is 374 g/mol. The summed E-state index contributed by atoms with van der Waals surface area (Å²) < 4.78 is 33.0. The number of esters is 1. The van der Waals surface area contributed by atoms with E-state index >= 15 is 0 Å². The summed E-state index contributed by atoms with van der Waals surface area (Å²) in [6.07, 6.45) is 5.75. The fourth-order valence-corrected chi connectivity index (χ4v) is 4.43. The molecular weight excluding hydrogens is 352 g/mol. The molecule has 0 spiro atoms. The number of rotatable bonds is 5. The van der Waals surface area contributed by atoms with Gasteiger partial charge in [-0.25, -0.2) is 13.2 Å². The third-order valence-electron chi connectivity index (χ3n) is 4.22. The van der Waals surface area contributed by atoms with Gasteiger partial charge in [-0.15, -0.1) is 0 Å². The number of allylic oxidation sites excluding steroid dienone is 4. The first-order valence-corrected chi connectivity index (χ1v) is 9.94. The van der Waals surface area contributed by atoms with Gasteiger partial charge >= 0.3 is 5.97 Å². The lowest BCUT2D eigenvalue weighted by atomic mass is 9.97. The van der Waals surface area contributed by atoms with Crippen LogP contribution in [0.1, 0.15) is 24.5 Å². The van der Waals surface area contributed by atoms with Crippen molar-refractivity contribution in [1.29, 1.82) is 0 Å². The predicted molar refractivity (Wildman–Crippen MR) is 98.4 cm³/mol. The molecule has 1 heterocycles. The molecule has 1 aromatic rings. The van der Waals surface area contributed by atoms with E-state index in [1.54, 1.807) is 37.3 Å². The van der Waals surface area contributed by atoms with E-state index in [1.165, 1.54) is 0 Å². The normalized spacial score (nSPS) is 18.9. The van der Waals surface area contributed by atoms with E-state index in [9.17, 15) is 13.2 Å². The van der Waals surface area contributed by atoms with E-state index < -0.39 is 16.0 Å². The first kappa shape index (κ1) is 18.3. The van der Waals surface area contributed by atoms with Crippen molar-refractivity contribution in [2.24, 2.45) is 5.92 Å². The van der Waals surface area contributed by atoms with Crippen molar-refractivity contribution in [3.05, 3.63) is 64.6 Å². The number of aryl methyl sites for hydroxylation is 2. The molecule has 0 saturated heterocycles. The second-order valence-corrected chi connectivity index (χ2v) is 8.16. The van der Waals surface area contributed by atoms with E-state index in [-0.39, 0.29) is 10.8 Å². The van der Waals surface area contributed by atoms with E-state index in [2.05, 4.69) is 10.0 Å². The van der Waals surface area contributed by atoms with Crippen LogP contribution < -0.4 is 10.0 Å². The minimum absolute atomic E-state index is 0.0728. The van der Waals surface area contributed by atoms with Crippen molar-refractivity contribution in [3.63, 3.8) is 0 Å². The number of carbonyl (C=O) groups is 1. The molecule has 0 amide bonds. The first-order chi connectivity index (χ1) is 12.3. The third-order valence-corrected chi connectivity index (χ3v) is 5.60. The zero-order valence-electron chi connectivity index (χ0n) is 15.0. The Kier molecular flexibility index (Phi) is 4.91. The maximum atomic E-state index is 12.7. The highest BCUT2D eigenvalue weighted by Crippen LogP contribution is 2.31. The van der Waals surface area contributed by atoms with Gasteiger partial charge in [0, 0.05) is 17.3 Å². The largest absolute Gasteiger partial charge is 0.461 e. The minimum atomic E-state index is -3.65. The third kappa shape index (κ3) is 3.83. The molecule has 0 aromatic heterocycles. The molecule has 1 unspecified atom stereocenters. The Hall–Kier alpha value is -2.54. The maximum Gasteiger partial charge on any atom is 0.354 e. The molecular formula is C19H22N2O4S. The van der Waals surface area contributed by atoms with Crippen molar-refractivity contribution >= 4 is 16.0 Å². The SMILES string of the molecule is CCOC(=O)C1=CC2CC(NS(=O)(=O)c3cc(C)cc(C)c3)=CC=C2N1. The molecule has 26 heavy (non-hydrogen) atoms. The Morgan fingerprint density at radius 2 is 1.92 bits per heavy atom. The van der Waals surface area contributed by atoms with Crippen LogP contribution in [0.25, 0.3) is 0 Å². The number of sulfonamides is 1. The number of hydrogen-bond acceptors (Lipinski definition) is 5. The number of benzene rings is 1. The smallest absolute Gasteiger partial charge is 0.354 e. The maximum absolute atomic E-state index is 12.7. The van der Waals surface area contributed by atoms with Crippen LogP contribution in [-0.4, -0.2) is 21.0 Å². The number of fused-ring (bicyclic) bond motifs is 1. The average Bonchev–Trinajstić information content (AvgIpc) is 2.97. The van der Waals surface area contributed by atoms with Crippen LogP contribution in [0.2, 0.25) is 0 Å². The summed E-state index contributed by atoms with van der Waals surface area (Å²) in [6, 6.07) is 5.23. The first-order valence-electron chi connectivity index (χ1n) is 8.46. The average molecular weight is 374 g/mol. The molecule has 138 valence electrons. The fourth-order valence-electron chi connectivity index (χ4n) is 3.13. The van der Waals surface area contributed by atoms with Crippen molar-refractivity contribution in [2.75, 3.05) is 6.61 Å². The van der Waals surface area contributed by atoms with E-state index in [1.807, 2.05) is 19.9 Å². The van der Waals surface area contributed by atoms with Gasteiger partial charge in [0.25, 0.3) is 10.0 Å². The molecule has 0 bridgehead atoms. The highest BCUT2D eigenvalue weighted by atomic mass is 32.2. The zero-order chi connectivity index (χ0) is 18.9. The number of hydrogen-bond donors (Lipinski definition) is 2. The molecule has 1 atom stereocenters. The highest BCUT2D eigenvalue weighted by Gasteiger charge is 2.29. The van der Waals surface area contributed by atoms with Crippen molar-refractivity contribution < 1.29 is 17.9 Å². The zero-order valence-corrected chi connectivity index (χ0v) is 15.8. The number of ether oxygens (including phenoxy) is 1. The van der Waals surface area contributed by atoms with Gasteiger partial charge in [0.1, 0.15) is 5.70 Å². The minimum Gasteiger partial charge on any atom is -0.461 e. The summed E-state index contributed by atoms with van der Waals surface area (Å²) in [7, 11) is -3.65. The fraction of sp³-hybridized carbons (Fsp3) is 0.316. The van der Waals surface area contributed by atoms with Gasteiger partial charge in [0.05, 0.1) is 11.5 Å². The quantitative estimate of drug-likeness (QED) is 0.773. The number of carbonyl (C=O) groups excluding carboxylic acids is 1. The van der Waals surface area contributed by atoms with E-state index in [0.717, 1.165) is 16.8 Å². The van der Waals surface area contributed by atoms with Crippen molar-refractivity contribution in [2.45, 2.75) is 32.1 Å². The second kappa shape index (κ2) is 6.99. The van der Waals surface area contributed by atoms with Gasteiger partial charge in [-0.2, -0.15) is 0 Å². The Bertz CT molecular complexity index is 922. The number of nitrogens with one attached hydrogen (secondary N) is 2.